The van der Waals surface area contributed by atoms with Gasteiger partial charge in [0.15, 0.2) is 18.2 Å². The van der Waals surface area contributed by atoms with E-state index in [1.54, 1.807) is 0 Å². The molecule has 0 saturated carbocycles. The average molecular weight is 307 g/mol. The van der Waals surface area contributed by atoms with E-state index < -0.39 is 11.6 Å². The molecule has 2 rings (SSSR count). The van der Waals surface area contributed by atoms with Crippen LogP contribution in [-0.4, -0.2) is 31.6 Å². The van der Waals surface area contributed by atoms with Crippen LogP contribution in [-0.2, 0) is 4.79 Å². The van der Waals surface area contributed by atoms with Crippen LogP contribution in [0.2, 0.25) is 0 Å². The Kier molecular flexibility index (Phi) is 6.67. The van der Waals surface area contributed by atoms with Crippen molar-refractivity contribution in [1.82, 2.24) is 10.6 Å². The van der Waals surface area contributed by atoms with E-state index in [0.29, 0.717) is 0 Å². The number of rotatable bonds is 4. The van der Waals surface area contributed by atoms with Crippen molar-refractivity contribution in [3.63, 3.8) is 0 Å². The average Bonchev–Trinajstić information content (AvgIpc) is 2.39. The van der Waals surface area contributed by atoms with Gasteiger partial charge >= 0.3 is 0 Å². The fraction of sp³-hybridized carbons (Fsp3) is 0.462. The molecule has 1 aliphatic rings. The van der Waals surface area contributed by atoms with Gasteiger partial charge in [-0.25, -0.2) is 8.78 Å². The summed E-state index contributed by atoms with van der Waals surface area (Å²) in [4.78, 5) is 11.6. The first-order valence-electron chi connectivity index (χ1n) is 6.23. The van der Waals surface area contributed by atoms with Crippen molar-refractivity contribution >= 4 is 18.3 Å². The quantitative estimate of drug-likeness (QED) is 0.889. The number of hydrogen-bond donors (Lipinski definition) is 2. The largest absolute Gasteiger partial charge is 0.481 e. The number of benzene rings is 1. The molecule has 0 atom stereocenters. The monoisotopic (exact) mass is 306 g/mol. The van der Waals surface area contributed by atoms with E-state index in [1.165, 1.54) is 6.07 Å². The van der Waals surface area contributed by atoms with E-state index in [4.69, 9.17) is 4.74 Å². The maximum atomic E-state index is 13.3. The van der Waals surface area contributed by atoms with Crippen molar-refractivity contribution in [1.29, 1.82) is 0 Å². The van der Waals surface area contributed by atoms with Gasteiger partial charge in [-0.15, -0.1) is 12.4 Å². The second kappa shape index (κ2) is 8.01. The van der Waals surface area contributed by atoms with Crippen LogP contribution in [0.1, 0.15) is 12.8 Å². The Hall–Kier alpha value is -1.40. The van der Waals surface area contributed by atoms with Crippen molar-refractivity contribution in [2.75, 3.05) is 19.7 Å². The molecule has 2 N–H and O–H groups in total. The summed E-state index contributed by atoms with van der Waals surface area (Å²) in [7, 11) is 0. The van der Waals surface area contributed by atoms with Crippen LogP contribution < -0.4 is 15.4 Å². The molecule has 1 aromatic carbocycles. The maximum absolute atomic E-state index is 13.3. The van der Waals surface area contributed by atoms with Crippen molar-refractivity contribution in [3.05, 3.63) is 29.8 Å². The summed E-state index contributed by atoms with van der Waals surface area (Å²) in [6.45, 7) is 1.48. The summed E-state index contributed by atoms with van der Waals surface area (Å²) < 4.78 is 31.0. The van der Waals surface area contributed by atoms with Gasteiger partial charge in [0.2, 0.25) is 0 Å². The first-order valence-corrected chi connectivity index (χ1v) is 6.23. The third-order valence-electron chi connectivity index (χ3n) is 2.96. The zero-order valence-electron chi connectivity index (χ0n) is 10.8. The molecule has 0 radical (unpaired) electrons. The molecule has 1 heterocycles. The van der Waals surface area contributed by atoms with Gasteiger partial charge in [-0.05, 0) is 38.1 Å². The van der Waals surface area contributed by atoms with Crippen LogP contribution in [0, 0.1) is 11.6 Å². The fourth-order valence-electron chi connectivity index (χ4n) is 1.97. The molecule has 1 saturated heterocycles. The molecular formula is C13H17ClF2N2O2. The maximum Gasteiger partial charge on any atom is 0.258 e. The molecule has 0 unspecified atom stereocenters. The van der Waals surface area contributed by atoms with Gasteiger partial charge < -0.3 is 15.4 Å². The SMILES string of the molecule is Cl.O=C(COc1ccc(F)cc1F)NC1CCNCC1. The van der Waals surface area contributed by atoms with E-state index in [0.717, 1.165) is 38.1 Å². The molecule has 112 valence electrons. The Morgan fingerprint density at radius 3 is 2.70 bits per heavy atom. The first kappa shape index (κ1) is 16.7. The van der Waals surface area contributed by atoms with Crippen LogP contribution in [0.5, 0.6) is 5.75 Å². The first-order chi connectivity index (χ1) is 9.15. The number of amides is 1. The van der Waals surface area contributed by atoms with Crippen molar-refractivity contribution in [2.24, 2.45) is 0 Å². The Morgan fingerprint density at radius 1 is 1.35 bits per heavy atom. The molecule has 1 amide bonds. The minimum atomic E-state index is -0.810. The number of ether oxygens (including phenoxy) is 1. The Bertz CT molecular complexity index is 454. The zero-order chi connectivity index (χ0) is 13.7. The van der Waals surface area contributed by atoms with Gasteiger partial charge in [0.05, 0.1) is 0 Å². The summed E-state index contributed by atoms with van der Waals surface area (Å²) in [5.41, 5.74) is 0. The van der Waals surface area contributed by atoms with Crippen LogP contribution in [0.3, 0.4) is 0 Å². The molecule has 0 bridgehead atoms. The van der Waals surface area contributed by atoms with Gasteiger partial charge in [-0.2, -0.15) is 0 Å². The fourth-order valence-corrected chi connectivity index (χ4v) is 1.97. The van der Waals surface area contributed by atoms with Gasteiger partial charge in [0, 0.05) is 12.1 Å². The topological polar surface area (TPSA) is 50.4 Å². The molecule has 0 aliphatic carbocycles. The number of halogens is 3. The summed E-state index contributed by atoms with van der Waals surface area (Å²) in [5.74, 6) is -1.91. The molecule has 1 aliphatic heterocycles. The van der Waals surface area contributed by atoms with E-state index in [9.17, 15) is 13.6 Å². The molecule has 4 nitrogen and oxygen atoms in total. The minimum absolute atomic E-state index is 0. The predicted molar refractivity (Wildman–Crippen MR) is 73.1 cm³/mol. The lowest BCUT2D eigenvalue weighted by molar-refractivity contribution is -0.124. The highest BCUT2D eigenvalue weighted by Gasteiger charge is 2.16. The molecule has 20 heavy (non-hydrogen) atoms. The highest BCUT2D eigenvalue weighted by atomic mass is 35.5. The highest BCUT2D eigenvalue weighted by molar-refractivity contribution is 5.85. The summed E-state index contributed by atoms with van der Waals surface area (Å²) in [5, 5.41) is 6.01. The number of carbonyl (C=O) groups excluding carboxylic acids is 1. The lowest BCUT2D eigenvalue weighted by Gasteiger charge is -2.23. The molecule has 1 aromatic rings. The number of hydrogen-bond acceptors (Lipinski definition) is 3. The van der Waals surface area contributed by atoms with Gasteiger partial charge in [-0.3, -0.25) is 4.79 Å². The molecular weight excluding hydrogens is 290 g/mol. The van der Waals surface area contributed by atoms with Crippen LogP contribution in [0.15, 0.2) is 18.2 Å². The second-order valence-electron chi connectivity index (χ2n) is 4.46. The van der Waals surface area contributed by atoms with Crippen molar-refractivity contribution < 1.29 is 18.3 Å². The van der Waals surface area contributed by atoms with Crippen LogP contribution in [0.4, 0.5) is 8.78 Å². The standard InChI is InChI=1S/C13H16F2N2O2.ClH/c14-9-1-2-12(11(15)7-9)19-8-13(18)17-10-3-5-16-6-4-10;/h1-2,7,10,16H,3-6,8H2,(H,17,18);1H. The molecule has 0 spiro atoms. The van der Waals surface area contributed by atoms with E-state index >= 15 is 0 Å². The summed E-state index contributed by atoms with van der Waals surface area (Å²) in [6, 6.07) is 3.11. The molecule has 7 heteroatoms. The number of carbonyl (C=O) groups is 1. The lowest BCUT2D eigenvalue weighted by atomic mass is 10.1. The molecule has 0 aromatic heterocycles. The third kappa shape index (κ3) is 4.94. The van der Waals surface area contributed by atoms with Gasteiger partial charge in [0.1, 0.15) is 5.82 Å². The van der Waals surface area contributed by atoms with Crippen molar-refractivity contribution in [3.8, 4) is 5.75 Å². The predicted octanol–water partition coefficient (Wildman–Crippen LogP) is 1.63. The number of piperidine rings is 1. The smallest absolute Gasteiger partial charge is 0.258 e. The van der Waals surface area contributed by atoms with Gasteiger partial charge in [0.25, 0.3) is 5.91 Å². The Balaban J connectivity index is 0.00000200. The normalized spacial score (nSPS) is 15.3. The summed E-state index contributed by atoms with van der Waals surface area (Å²) >= 11 is 0. The zero-order valence-corrected chi connectivity index (χ0v) is 11.6. The Morgan fingerprint density at radius 2 is 2.05 bits per heavy atom. The van der Waals surface area contributed by atoms with E-state index in [-0.39, 0.29) is 36.7 Å². The highest BCUT2D eigenvalue weighted by Crippen LogP contribution is 2.17. The Labute approximate surface area is 122 Å². The van der Waals surface area contributed by atoms with Crippen LogP contribution >= 0.6 is 12.4 Å². The molecule has 1 fully saturated rings. The summed E-state index contributed by atoms with van der Waals surface area (Å²) in [6.07, 6.45) is 1.74. The van der Waals surface area contributed by atoms with Crippen LogP contribution in [0.25, 0.3) is 0 Å². The second-order valence-corrected chi connectivity index (χ2v) is 4.46. The van der Waals surface area contributed by atoms with E-state index in [2.05, 4.69) is 10.6 Å². The van der Waals surface area contributed by atoms with Gasteiger partial charge in [-0.1, -0.05) is 0 Å². The minimum Gasteiger partial charge on any atom is -0.481 e. The lowest BCUT2D eigenvalue weighted by Crippen LogP contribution is -2.44. The number of nitrogens with one attached hydrogen (secondary N) is 2. The van der Waals surface area contributed by atoms with Crippen molar-refractivity contribution in [2.45, 2.75) is 18.9 Å². The third-order valence-corrected chi connectivity index (χ3v) is 2.96. The van der Waals surface area contributed by atoms with E-state index in [1.807, 2.05) is 0 Å².